The van der Waals surface area contributed by atoms with Crippen LogP contribution in [-0.2, 0) is 11.3 Å². The van der Waals surface area contributed by atoms with E-state index in [1.54, 1.807) is 0 Å². The van der Waals surface area contributed by atoms with Crippen molar-refractivity contribution >= 4 is 0 Å². The topological polar surface area (TPSA) is 21.3 Å². The van der Waals surface area contributed by atoms with E-state index in [0.717, 1.165) is 25.7 Å². The fourth-order valence-electron chi connectivity index (χ4n) is 2.76. The van der Waals surface area contributed by atoms with Gasteiger partial charge in [-0.1, -0.05) is 38.1 Å². The monoisotopic (exact) mass is 231 g/mol. The number of fused-ring (bicyclic) bond motifs is 1. The summed E-state index contributed by atoms with van der Waals surface area (Å²) in [4.78, 5) is 0. The Morgan fingerprint density at radius 1 is 1.35 bits per heavy atom. The van der Waals surface area contributed by atoms with E-state index in [2.05, 4.69) is 43.4 Å². The Bertz CT molecular complexity index is 413. The van der Waals surface area contributed by atoms with Crippen molar-refractivity contribution in [2.75, 3.05) is 13.2 Å². The van der Waals surface area contributed by atoms with Crippen molar-refractivity contribution < 1.29 is 4.74 Å². The Morgan fingerprint density at radius 3 is 2.88 bits per heavy atom. The van der Waals surface area contributed by atoms with Gasteiger partial charge in [-0.2, -0.15) is 0 Å². The summed E-state index contributed by atoms with van der Waals surface area (Å²) in [6.45, 7) is 7.40. The van der Waals surface area contributed by atoms with Crippen molar-refractivity contribution in [2.45, 2.75) is 32.9 Å². The van der Waals surface area contributed by atoms with E-state index in [0.29, 0.717) is 11.5 Å². The molecule has 1 N–H and O–H groups in total. The highest BCUT2D eigenvalue weighted by molar-refractivity contribution is 5.31. The number of ether oxygens (including phenoxy) is 1. The Balaban J connectivity index is 1.65. The van der Waals surface area contributed by atoms with Gasteiger partial charge in [-0.25, -0.2) is 0 Å². The summed E-state index contributed by atoms with van der Waals surface area (Å²) < 4.78 is 5.65. The Kier molecular flexibility index (Phi) is 2.72. The lowest BCUT2D eigenvalue weighted by Crippen LogP contribution is -2.31. The van der Waals surface area contributed by atoms with Crippen molar-refractivity contribution in [1.82, 2.24) is 5.32 Å². The normalized spacial score (nSPS) is 29.8. The van der Waals surface area contributed by atoms with Crippen molar-refractivity contribution in [1.29, 1.82) is 0 Å². The molecule has 0 bridgehead atoms. The number of rotatable bonds is 3. The third kappa shape index (κ3) is 2.24. The zero-order valence-corrected chi connectivity index (χ0v) is 10.7. The van der Waals surface area contributed by atoms with Crippen LogP contribution in [0, 0.1) is 11.3 Å². The number of hydrogen-bond donors (Lipinski definition) is 1. The van der Waals surface area contributed by atoms with E-state index in [1.165, 1.54) is 17.5 Å². The van der Waals surface area contributed by atoms with E-state index in [1.807, 2.05) is 0 Å². The SMILES string of the molecule is CC1(C)CC1CNC1COCc2ccccc21. The second kappa shape index (κ2) is 4.11. The zero-order chi connectivity index (χ0) is 11.9. The highest BCUT2D eigenvalue weighted by Gasteiger charge is 2.45. The van der Waals surface area contributed by atoms with Crippen LogP contribution in [0.25, 0.3) is 0 Å². The van der Waals surface area contributed by atoms with Crippen molar-refractivity contribution in [2.24, 2.45) is 11.3 Å². The van der Waals surface area contributed by atoms with Gasteiger partial charge in [0.2, 0.25) is 0 Å². The van der Waals surface area contributed by atoms with E-state index < -0.39 is 0 Å². The summed E-state index contributed by atoms with van der Waals surface area (Å²) in [6, 6.07) is 9.00. The average Bonchev–Trinajstić information content (AvgIpc) is 2.94. The third-order valence-electron chi connectivity index (χ3n) is 4.30. The summed E-state index contributed by atoms with van der Waals surface area (Å²) in [7, 11) is 0. The maximum Gasteiger partial charge on any atom is 0.0721 e. The molecule has 2 nitrogen and oxygen atoms in total. The second-order valence-corrected chi connectivity index (χ2v) is 6.06. The predicted octanol–water partition coefficient (Wildman–Crippen LogP) is 2.89. The molecular formula is C15H21NO. The highest BCUT2D eigenvalue weighted by Crippen LogP contribution is 2.51. The van der Waals surface area contributed by atoms with E-state index in [9.17, 15) is 0 Å². The first kappa shape index (κ1) is 11.2. The summed E-state index contributed by atoms with van der Waals surface area (Å²) in [5.41, 5.74) is 3.32. The van der Waals surface area contributed by atoms with E-state index >= 15 is 0 Å². The van der Waals surface area contributed by atoms with Crippen LogP contribution in [0.4, 0.5) is 0 Å². The predicted molar refractivity (Wildman–Crippen MR) is 68.7 cm³/mol. The van der Waals surface area contributed by atoms with E-state index in [-0.39, 0.29) is 0 Å². The summed E-state index contributed by atoms with van der Waals surface area (Å²) in [5.74, 6) is 0.844. The average molecular weight is 231 g/mol. The molecule has 1 aliphatic carbocycles. The maximum absolute atomic E-state index is 5.65. The lowest BCUT2D eigenvalue weighted by molar-refractivity contribution is 0.0816. The molecule has 1 heterocycles. The van der Waals surface area contributed by atoms with Gasteiger partial charge in [-0.05, 0) is 35.4 Å². The molecule has 17 heavy (non-hydrogen) atoms. The summed E-state index contributed by atoms with van der Waals surface area (Å²) >= 11 is 0. The minimum absolute atomic E-state index is 0.386. The van der Waals surface area contributed by atoms with Crippen LogP contribution in [0.5, 0.6) is 0 Å². The first-order valence-corrected chi connectivity index (χ1v) is 6.56. The molecule has 3 rings (SSSR count). The first-order chi connectivity index (χ1) is 8.17. The molecule has 1 fully saturated rings. The standard InChI is InChI=1S/C15H21NO/c1-15(2)7-12(15)8-16-14-10-17-9-11-5-3-4-6-13(11)14/h3-6,12,14,16H,7-10H2,1-2H3. The summed E-state index contributed by atoms with van der Waals surface area (Å²) in [5, 5.41) is 3.67. The van der Waals surface area contributed by atoms with Crippen LogP contribution in [0.1, 0.15) is 37.4 Å². The van der Waals surface area contributed by atoms with Crippen molar-refractivity contribution in [3.8, 4) is 0 Å². The van der Waals surface area contributed by atoms with Crippen LogP contribution in [0.2, 0.25) is 0 Å². The minimum Gasteiger partial charge on any atom is -0.375 e. The van der Waals surface area contributed by atoms with Crippen LogP contribution in [-0.4, -0.2) is 13.2 Å². The molecule has 0 aromatic heterocycles. The maximum atomic E-state index is 5.65. The molecule has 1 saturated carbocycles. The van der Waals surface area contributed by atoms with Gasteiger partial charge in [-0.15, -0.1) is 0 Å². The lowest BCUT2D eigenvalue weighted by atomic mass is 9.99. The van der Waals surface area contributed by atoms with Gasteiger partial charge in [0.05, 0.1) is 19.3 Å². The van der Waals surface area contributed by atoms with Gasteiger partial charge in [-0.3, -0.25) is 0 Å². The third-order valence-corrected chi connectivity index (χ3v) is 4.30. The molecule has 0 radical (unpaired) electrons. The van der Waals surface area contributed by atoms with Gasteiger partial charge in [0.15, 0.2) is 0 Å². The van der Waals surface area contributed by atoms with Gasteiger partial charge in [0, 0.05) is 0 Å². The molecule has 2 unspecified atom stereocenters. The van der Waals surface area contributed by atoms with Gasteiger partial charge in [0.25, 0.3) is 0 Å². The molecule has 1 aromatic carbocycles. The van der Waals surface area contributed by atoms with Crippen LogP contribution in [0.15, 0.2) is 24.3 Å². The van der Waals surface area contributed by atoms with Crippen LogP contribution >= 0.6 is 0 Å². The lowest BCUT2D eigenvalue weighted by Gasteiger charge is -2.26. The second-order valence-electron chi connectivity index (χ2n) is 6.06. The van der Waals surface area contributed by atoms with E-state index in [4.69, 9.17) is 4.74 Å². The molecule has 2 aliphatic rings. The number of benzene rings is 1. The molecular weight excluding hydrogens is 210 g/mol. The van der Waals surface area contributed by atoms with Crippen LogP contribution < -0.4 is 5.32 Å². The van der Waals surface area contributed by atoms with Crippen molar-refractivity contribution in [3.63, 3.8) is 0 Å². The number of hydrogen-bond acceptors (Lipinski definition) is 2. The van der Waals surface area contributed by atoms with Gasteiger partial charge in [0.1, 0.15) is 0 Å². The fraction of sp³-hybridized carbons (Fsp3) is 0.600. The Labute approximate surface area is 103 Å². The molecule has 0 saturated heterocycles. The Morgan fingerprint density at radius 2 is 2.12 bits per heavy atom. The quantitative estimate of drug-likeness (QED) is 0.863. The molecule has 0 amide bonds. The van der Waals surface area contributed by atoms with Gasteiger partial charge >= 0.3 is 0 Å². The highest BCUT2D eigenvalue weighted by atomic mass is 16.5. The molecule has 2 heteroatoms. The van der Waals surface area contributed by atoms with Crippen molar-refractivity contribution in [3.05, 3.63) is 35.4 Å². The fourth-order valence-corrected chi connectivity index (χ4v) is 2.76. The summed E-state index contributed by atoms with van der Waals surface area (Å²) in [6.07, 6.45) is 1.36. The first-order valence-electron chi connectivity index (χ1n) is 6.56. The number of nitrogens with one attached hydrogen (secondary N) is 1. The molecule has 0 spiro atoms. The smallest absolute Gasteiger partial charge is 0.0721 e. The molecule has 2 atom stereocenters. The van der Waals surface area contributed by atoms with Crippen LogP contribution in [0.3, 0.4) is 0 Å². The Hall–Kier alpha value is -0.860. The van der Waals surface area contributed by atoms with Gasteiger partial charge < -0.3 is 10.1 Å². The molecule has 1 aliphatic heterocycles. The zero-order valence-electron chi connectivity index (χ0n) is 10.7. The minimum atomic E-state index is 0.386. The molecule has 1 aromatic rings. The molecule has 92 valence electrons. The largest absolute Gasteiger partial charge is 0.375 e.